The number of carbonyl (C=O) groups is 3. The minimum absolute atomic E-state index is 0.290. The molecular formula is C18H19N3O4S. The lowest BCUT2D eigenvalue weighted by atomic mass is 10.0. The Balaban J connectivity index is 1.77. The van der Waals surface area contributed by atoms with Gasteiger partial charge in [-0.2, -0.15) is 0 Å². The third-order valence-electron chi connectivity index (χ3n) is 4.26. The van der Waals surface area contributed by atoms with Gasteiger partial charge >= 0.3 is 5.97 Å². The van der Waals surface area contributed by atoms with Gasteiger partial charge in [0.25, 0.3) is 11.8 Å². The third-order valence-corrected chi connectivity index (χ3v) is 5.17. The van der Waals surface area contributed by atoms with Crippen LogP contribution in [0.1, 0.15) is 44.3 Å². The minimum atomic E-state index is -0.983. The molecule has 2 aromatic rings. The molecule has 2 N–H and O–H groups in total. The van der Waals surface area contributed by atoms with Crippen molar-refractivity contribution < 1.29 is 19.5 Å². The molecule has 7 nitrogen and oxygen atoms in total. The molecular weight excluding hydrogens is 354 g/mol. The third kappa shape index (κ3) is 3.91. The molecule has 1 fully saturated rings. The lowest BCUT2D eigenvalue weighted by Gasteiger charge is -2.33. The number of carbonyl (C=O) groups excluding carboxylic acids is 2. The summed E-state index contributed by atoms with van der Waals surface area (Å²) >= 11 is 1.29. The average Bonchev–Trinajstić information content (AvgIpc) is 3.08. The molecule has 1 aromatic carbocycles. The van der Waals surface area contributed by atoms with E-state index in [0.717, 1.165) is 17.8 Å². The highest BCUT2D eigenvalue weighted by Crippen LogP contribution is 2.22. The quantitative estimate of drug-likeness (QED) is 0.858. The Kier molecular flexibility index (Phi) is 5.32. The Hall–Kier alpha value is -2.74. The summed E-state index contributed by atoms with van der Waals surface area (Å²) in [5.74, 6) is -1.61. The highest BCUT2D eigenvalue weighted by molar-refractivity contribution is 7.13. The standard InChI is InChI=1S/C18H19N3O4S/c1-11-19-10-15(26-11)16(22)20-13-6-4-5-12(9-13)17(23)21-8-3-2-7-14(21)18(24)25/h4-6,9-10,14H,2-3,7-8H2,1H3,(H,20,22)(H,24,25). The molecule has 0 radical (unpaired) electrons. The van der Waals surface area contributed by atoms with E-state index in [1.165, 1.54) is 22.4 Å². The van der Waals surface area contributed by atoms with Gasteiger partial charge in [-0.15, -0.1) is 11.3 Å². The molecule has 2 amide bonds. The van der Waals surface area contributed by atoms with Crippen LogP contribution in [0.5, 0.6) is 0 Å². The van der Waals surface area contributed by atoms with E-state index in [2.05, 4.69) is 10.3 Å². The van der Waals surface area contributed by atoms with E-state index >= 15 is 0 Å². The van der Waals surface area contributed by atoms with E-state index in [4.69, 9.17) is 0 Å². The monoisotopic (exact) mass is 373 g/mol. The van der Waals surface area contributed by atoms with Crippen LogP contribution in [-0.4, -0.2) is 45.4 Å². The molecule has 0 bridgehead atoms. The van der Waals surface area contributed by atoms with Gasteiger partial charge in [0.2, 0.25) is 0 Å². The van der Waals surface area contributed by atoms with Gasteiger partial charge in [0.05, 0.1) is 11.2 Å². The Morgan fingerprint density at radius 1 is 1.31 bits per heavy atom. The second kappa shape index (κ2) is 7.65. The predicted octanol–water partition coefficient (Wildman–Crippen LogP) is 2.78. The van der Waals surface area contributed by atoms with Crippen LogP contribution in [0.3, 0.4) is 0 Å². The number of nitrogens with one attached hydrogen (secondary N) is 1. The molecule has 0 saturated carbocycles. The van der Waals surface area contributed by atoms with Crippen molar-refractivity contribution in [3.05, 3.63) is 45.9 Å². The Morgan fingerprint density at radius 3 is 2.81 bits per heavy atom. The lowest BCUT2D eigenvalue weighted by molar-refractivity contribution is -0.143. The largest absolute Gasteiger partial charge is 0.480 e. The SMILES string of the molecule is Cc1ncc(C(=O)Nc2cccc(C(=O)N3CCCCC3C(=O)O)c2)s1. The van der Waals surface area contributed by atoms with Gasteiger partial charge in [-0.3, -0.25) is 9.59 Å². The number of anilines is 1. The van der Waals surface area contributed by atoms with Crippen LogP contribution in [0.2, 0.25) is 0 Å². The maximum Gasteiger partial charge on any atom is 0.326 e. The molecule has 1 aliphatic rings. The number of benzene rings is 1. The molecule has 136 valence electrons. The van der Waals surface area contributed by atoms with Crippen molar-refractivity contribution in [2.45, 2.75) is 32.2 Å². The summed E-state index contributed by atoms with van der Waals surface area (Å²) in [5.41, 5.74) is 0.840. The summed E-state index contributed by atoms with van der Waals surface area (Å²) in [6.45, 7) is 2.24. The molecule has 1 unspecified atom stereocenters. The lowest BCUT2D eigenvalue weighted by Crippen LogP contribution is -2.48. The number of rotatable bonds is 4. The number of hydrogen-bond donors (Lipinski definition) is 2. The first-order chi connectivity index (χ1) is 12.5. The molecule has 1 atom stereocenters. The number of piperidine rings is 1. The van der Waals surface area contributed by atoms with Crippen molar-refractivity contribution >= 4 is 34.8 Å². The zero-order chi connectivity index (χ0) is 18.7. The van der Waals surface area contributed by atoms with Gasteiger partial charge in [-0.25, -0.2) is 9.78 Å². The van der Waals surface area contributed by atoms with Gasteiger partial charge in [0, 0.05) is 17.8 Å². The van der Waals surface area contributed by atoms with Crippen molar-refractivity contribution in [1.82, 2.24) is 9.88 Å². The topological polar surface area (TPSA) is 99.6 Å². The summed E-state index contributed by atoms with van der Waals surface area (Å²) in [7, 11) is 0. The fourth-order valence-electron chi connectivity index (χ4n) is 2.99. The molecule has 0 spiro atoms. The molecule has 26 heavy (non-hydrogen) atoms. The molecule has 1 aliphatic heterocycles. The van der Waals surface area contributed by atoms with Crippen molar-refractivity contribution in [3.63, 3.8) is 0 Å². The van der Waals surface area contributed by atoms with Gasteiger partial charge < -0.3 is 15.3 Å². The highest BCUT2D eigenvalue weighted by atomic mass is 32.1. The predicted molar refractivity (Wildman–Crippen MR) is 97.6 cm³/mol. The van der Waals surface area contributed by atoms with E-state index in [9.17, 15) is 19.5 Å². The van der Waals surface area contributed by atoms with Gasteiger partial charge in [-0.05, 0) is 44.4 Å². The van der Waals surface area contributed by atoms with Gasteiger partial charge in [0.1, 0.15) is 10.9 Å². The molecule has 1 aromatic heterocycles. The summed E-state index contributed by atoms with van der Waals surface area (Å²) in [6.07, 6.45) is 3.56. The Labute approximate surface area is 154 Å². The van der Waals surface area contributed by atoms with Crippen molar-refractivity contribution in [2.75, 3.05) is 11.9 Å². The Bertz CT molecular complexity index is 848. The number of nitrogens with zero attached hydrogens (tertiary/aromatic N) is 2. The number of aryl methyl sites for hydroxylation is 1. The Morgan fingerprint density at radius 2 is 2.12 bits per heavy atom. The number of aromatic nitrogens is 1. The molecule has 3 rings (SSSR count). The van der Waals surface area contributed by atoms with Crippen molar-refractivity contribution in [1.29, 1.82) is 0 Å². The zero-order valence-corrected chi connectivity index (χ0v) is 15.1. The van der Waals surface area contributed by atoms with Gasteiger partial charge in [0.15, 0.2) is 0 Å². The summed E-state index contributed by atoms with van der Waals surface area (Å²) in [5, 5.41) is 12.9. The van der Waals surface area contributed by atoms with E-state index in [1.54, 1.807) is 24.3 Å². The molecule has 2 heterocycles. The van der Waals surface area contributed by atoms with Crippen LogP contribution in [0.15, 0.2) is 30.5 Å². The van der Waals surface area contributed by atoms with Crippen molar-refractivity contribution in [2.24, 2.45) is 0 Å². The van der Waals surface area contributed by atoms with E-state index < -0.39 is 12.0 Å². The van der Waals surface area contributed by atoms with Crippen LogP contribution < -0.4 is 5.32 Å². The number of hydrogen-bond acceptors (Lipinski definition) is 5. The smallest absolute Gasteiger partial charge is 0.326 e. The first-order valence-electron chi connectivity index (χ1n) is 8.33. The number of carboxylic acids is 1. The van der Waals surface area contributed by atoms with Crippen LogP contribution in [0, 0.1) is 6.92 Å². The average molecular weight is 373 g/mol. The second-order valence-electron chi connectivity index (χ2n) is 6.13. The fourth-order valence-corrected chi connectivity index (χ4v) is 3.66. The minimum Gasteiger partial charge on any atom is -0.480 e. The van der Waals surface area contributed by atoms with Crippen molar-refractivity contribution in [3.8, 4) is 0 Å². The van der Waals surface area contributed by atoms with Crippen LogP contribution >= 0.6 is 11.3 Å². The summed E-state index contributed by atoms with van der Waals surface area (Å²) < 4.78 is 0. The highest BCUT2D eigenvalue weighted by Gasteiger charge is 2.32. The fraction of sp³-hybridized carbons (Fsp3) is 0.333. The zero-order valence-electron chi connectivity index (χ0n) is 14.3. The first-order valence-corrected chi connectivity index (χ1v) is 9.15. The first kappa shape index (κ1) is 18.1. The summed E-state index contributed by atoms with van der Waals surface area (Å²) in [6, 6.07) is 5.76. The van der Waals surface area contributed by atoms with E-state index in [1.807, 2.05) is 6.92 Å². The number of amides is 2. The number of thiazole rings is 1. The molecule has 1 saturated heterocycles. The number of likely N-dealkylation sites (tertiary alicyclic amines) is 1. The molecule has 8 heteroatoms. The van der Waals surface area contributed by atoms with Crippen LogP contribution in [-0.2, 0) is 4.79 Å². The van der Waals surface area contributed by atoms with Crippen LogP contribution in [0.4, 0.5) is 5.69 Å². The normalized spacial score (nSPS) is 17.0. The maximum atomic E-state index is 12.8. The second-order valence-corrected chi connectivity index (χ2v) is 7.36. The van der Waals surface area contributed by atoms with E-state index in [0.29, 0.717) is 29.1 Å². The van der Waals surface area contributed by atoms with E-state index in [-0.39, 0.29) is 11.8 Å². The number of carboxylic acid groups (broad SMARTS) is 1. The maximum absolute atomic E-state index is 12.8. The van der Waals surface area contributed by atoms with Crippen LogP contribution in [0.25, 0.3) is 0 Å². The summed E-state index contributed by atoms with van der Waals surface area (Å²) in [4.78, 5) is 42.4. The molecule has 0 aliphatic carbocycles. The number of aliphatic carboxylic acids is 1. The van der Waals surface area contributed by atoms with Gasteiger partial charge in [-0.1, -0.05) is 6.07 Å².